The average molecular weight is 471 g/mol. The average Bonchev–Trinajstić information content (AvgIpc) is 3.25. The Morgan fingerprint density at radius 3 is 2.61 bits per heavy atom. The van der Waals surface area contributed by atoms with Crippen LogP contribution in [0.3, 0.4) is 0 Å². The smallest absolute Gasteiger partial charge is 0.613 e. The number of hydrogen-bond donors (Lipinski definition) is 1. The van der Waals surface area contributed by atoms with E-state index in [2.05, 4.69) is 10.3 Å². The van der Waals surface area contributed by atoms with E-state index in [0.29, 0.717) is 21.9 Å². The monoisotopic (exact) mass is 470 g/mol. The van der Waals surface area contributed by atoms with Crippen LogP contribution in [-0.2, 0) is 4.74 Å². The number of rotatable bonds is 5. The molecule has 0 atom stereocenters. The summed E-state index contributed by atoms with van der Waals surface area (Å²) in [6.07, 6.45) is 1.66. The van der Waals surface area contributed by atoms with Gasteiger partial charge in [0, 0.05) is 16.0 Å². The first kappa shape index (κ1) is 24.9. The summed E-state index contributed by atoms with van der Waals surface area (Å²) in [7, 11) is 1.54. The summed E-state index contributed by atoms with van der Waals surface area (Å²) in [4.78, 5) is 29.6. The Kier molecular flexibility index (Phi) is 8.28. The summed E-state index contributed by atoms with van der Waals surface area (Å²) in [6, 6.07) is 14.9. The van der Waals surface area contributed by atoms with Crippen LogP contribution in [-0.4, -0.2) is 19.6 Å². The molecule has 2 aromatic carbocycles. The Bertz CT molecular complexity index is 1500. The maximum atomic E-state index is 12.7. The van der Waals surface area contributed by atoms with Gasteiger partial charge in [0.2, 0.25) is 0 Å². The second kappa shape index (κ2) is 11.0. The van der Waals surface area contributed by atoms with Crippen molar-refractivity contribution in [2.45, 2.75) is 6.92 Å². The van der Waals surface area contributed by atoms with Crippen LogP contribution in [0.15, 0.2) is 68.8 Å². The van der Waals surface area contributed by atoms with Crippen LogP contribution in [0.5, 0.6) is 5.75 Å². The molecule has 0 unspecified atom stereocenters. The summed E-state index contributed by atoms with van der Waals surface area (Å²) in [5.74, 6) is -0.629. The number of anilines is 1. The number of fused-ring (bicyclic) bond motifs is 1. The van der Waals surface area contributed by atoms with E-state index in [1.54, 1.807) is 61.5 Å². The van der Waals surface area contributed by atoms with E-state index in [0.717, 1.165) is 0 Å². The maximum Gasteiger partial charge on any atom is 1.00 e. The van der Waals surface area contributed by atoms with E-state index < -0.39 is 17.5 Å². The van der Waals surface area contributed by atoms with Crippen molar-refractivity contribution in [2.75, 3.05) is 19.0 Å². The molecule has 33 heavy (non-hydrogen) atoms. The van der Waals surface area contributed by atoms with Gasteiger partial charge < -0.3 is 24.3 Å². The van der Waals surface area contributed by atoms with Crippen LogP contribution < -0.4 is 93.4 Å². The van der Waals surface area contributed by atoms with Crippen molar-refractivity contribution in [3.05, 3.63) is 91.8 Å². The molecule has 0 fully saturated rings. The van der Waals surface area contributed by atoms with Crippen LogP contribution in [0.4, 0.5) is 5.69 Å². The minimum atomic E-state index is -0.823. The fourth-order valence-corrected chi connectivity index (χ4v) is 3.26. The second-order valence-corrected chi connectivity index (χ2v) is 6.77. The third-order valence-electron chi connectivity index (χ3n) is 4.75. The first-order chi connectivity index (χ1) is 15.5. The maximum absolute atomic E-state index is 12.7. The summed E-state index contributed by atoms with van der Waals surface area (Å²) >= 11 is 0. The first-order valence-corrected chi connectivity index (χ1v) is 9.84. The summed E-state index contributed by atoms with van der Waals surface area (Å²) in [5.41, 5.74) is -0.435. The van der Waals surface area contributed by atoms with E-state index in [-0.39, 0.29) is 80.0 Å². The quantitative estimate of drug-likeness (QED) is 0.389. The van der Waals surface area contributed by atoms with Gasteiger partial charge in [0.1, 0.15) is 17.1 Å². The Morgan fingerprint density at radius 2 is 1.91 bits per heavy atom. The number of nitrogens with one attached hydrogen (secondary N) is 1. The van der Waals surface area contributed by atoms with Gasteiger partial charge in [-0.2, -0.15) is 0 Å². The van der Waals surface area contributed by atoms with Crippen LogP contribution in [0.2, 0.25) is 0 Å². The van der Waals surface area contributed by atoms with E-state index >= 15 is 0 Å². The van der Waals surface area contributed by atoms with E-state index in [1.165, 1.54) is 13.2 Å². The third-order valence-corrected chi connectivity index (χ3v) is 4.75. The summed E-state index contributed by atoms with van der Waals surface area (Å²) in [6.45, 7) is 1.78. The molecule has 1 N–H and O–H groups in total. The molecule has 1 aliphatic rings. The number of methoxy groups -OCH3 is 1. The number of amides is 1. The number of benzene rings is 2. The standard InChI is InChI=1S/C24H20N2O6.K/c1-3-31-23(28)16-13-19(26-22(27)14-8-5-4-6-9-14)24(29)32-21(16)18-12-15-17(25-18)10-7-11-20(15)30-2;/h4-13,28H,3H2,1-2H3,(H,26,27);/q;+1/p-1/b21-18-,23-16+;. The van der Waals surface area contributed by atoms with E-state index in [1.807, 2.05) is 0 Å². The molecule has 0 saturated heterocycles. The number of hydrogen-bond acceptors (Lipinski definition) is 7. The zero-order valence-corrected chi connectivity index (χ0v) is 21.5. The van der Waals surface area contributed by atoms with Crippen molar-refractivity contribution < 1.29 is 75.2 Å². The van der Waals surface area contributed by atoms with Crippen LogP contribution >= 0.6 is 0 Å². The van der Waals surface area contributed by atoms with Gasteiger partial charge in [0.05, 0.1) is 18.4 Å². The van der Waals surface area contributed by atoms with Gasteiger partial charge >= 0.3 is 57.0 Å². The molecule has 0 bridgehead atoms. The molecule has 162 valence electrons. The van der Waals surface area contributed by atoms with Crippen LogP contribution in [0.1, 0.15) is 17.3 Å². The molecule has 4 rings (SSSR count). The largest absolute Gasteiger partial charge is 1.00 e. The minimum Gasteiger partial charge on any atom is -0.613 e. The molecule has 1 aromatic heterocycles. The van der Waals surface area contributed by atoms with Crippen molar-refractivity contribution >= 4 is 29.3 Å². The van der Waals surface area contributed by atoms with Crippen molar-refractivity contribution in [2.24, 2.45) is 4.99 Å². The molecule has 2 heterocycles. The molecule has 3 aromatic rings. The normalized spacial score (nSPS) is 14.1. The van der Waals surface area contributed by atoms with E-state index in [4.69, 9.17) is 13.9 Å². The molecule has 0 saturated carbocycles. The van der Waals surface area contributed by atoms with Gasteiger partial charge in [0.25, 0.3) is 5.91 Å². The Morgan fingerprint density at radius 1 is 1.15 bits per heavy atom. The molecule has 0 aliphatic carbocycles. The molecule has 0 radical (unpaired) electrons. The number of nitrogens with zero attached hydrogens (tertiary/aromatic N) is 1. The minimum absolute atomic E-state index is 0. The van der Waals surface area contributed by atoms with Crippen molar-refractivity contribution in [1.82, 2.24) is 0 Å². The van der Waals surface area contributed by atoms with Crippen LogP contribution in [0.25, 0.3) is 17.7 Å². The van der Waals surface area contributed by atoms with Gasteiger partial charge in [-0.1, -0.05) is 31.2 Å². The fraction of sp³-hybridized carbons (Fsp3) is 0.125. The predicted molar refractivity (Wildman–Crippen MR) is 115 cm³/mol. The van der Waals surface area contributed by atoms with Gasteiger partial charge in [0.15, 0.2) is 5.42 Å². The fourth-order valence-electron chi connectivity index (χ4n) is 3.26. The predicted octanol–water partition coefficient (Wildman–Crippen LogP) is -3.41. The zero-order chi connectivity index (χ0) is 22.7. The van der Waals surface area contributed by atoms with Crippen molar-refractivity contribution in [1.29, 1.82) is 0 Å². The molecule has 1 aliphatic heterocycles. The molecular formula is C24H19KN2O6. The SMILES string of the molecule is CCO/C([O-])=c1\cc(NC(=O)c2ccccc2)c(=O)o\c1=C1\C=c2c(OC)cccc2=N1.[K+]. The Labute approximate surface area is 231 Å². The number of ether oxygens (including phenoxy) is 2. The van der Waals surface area contributed by atoms with Crippen molar-refractivity contribution in [3.8, 4) is 5.75 Å². The van der Waals surface area contributed by atoms with Gasteiger partial charge in [-0.3, -0.25) is 4.79 Å². The number of carbonyl (C=O) groups excluding carboxylic acids is 1. The summed E-state index contributed by atoms with van der Waals surface area (Å²) < 4.78 is 15.9. The van der Waals surface area contributed by atoms with Gasteiger partial charge in [-0.25, -0.2) is 9.79 Å². The third kappa shape index (κ3) is 5.28. The molecular weight excluding hydrogens is 451 g/mol. The number of carbonyl (C=O) groups is 1. The Hall–Kier alpha value is -2.69. The second-order valence-electron chi connectivity index (χ2n) is 6.77. The topological polar surface area (TPSA) is 113 Å². The first-order valence-electron chi connectivity index (χ1n) is 9.84. The zero-order valence-electron chi connectivity index (χ0n) is 18.4. The Balaban J connectivity index is 0.00000306. The van der Waals surface area contributed by atoms with Gasteiger partial charge in [-0.15, -0.1) is 0 Å². The van der Waals surface area contributed by atoms with Crippen LogP contribution in [0, 0.1) is 0 Å². The van der Waals surface area contributed by atoms with Crippen molar-refractivity contribution in [3.63, 3.8) is 0 Å². The molecule has 9 heteroatoms. The van der Waals surface area contributed by atoms with E-state index in [9.17, 15) is 14.7 Å². The molecule has 0 spiro atoms. The molecule has 1 amide bonds. The van der Waals surface area contributed by atoms with Gasteiger partial charge in [-0.05, 0) is 43.0 Å². The summed E-state index contributed by atoms with van der Waals surface area (Å²) in [5, 5.41) is 16.4. The molecule has 8 nitrogen and oxygen atoms in total.